The Morgan fingerprint density at radius 2 is 1.75 bits per heavy atom. The van der Waals surface area contributed by atoms with E-state index in [0.717, 1.165) is 49.0 Å². The van der Waals surface area contributed by atoms with Gasteiger partial charge in [-0.2, -0.15) is 0 Å². The lowest BCUT2D eigenvalue weighted by molar-refractivity contribution is -0.150. The summed E-state index contributed by atoms with van der Waals surface area (Å²) in [6, 6.07) is 14.3. The molecule has 0 radical (unpaired) electrons. The summed E-state index contributed by atoms with van der Waals surface area (Å²) < 4.78 is 17.0. The largest absolute Gasteiger partial charge is 0.493 e. The topological polar surface area (TPSA) is 44.8 Å². The van der Waals surface area contributed by atoms with Crippen LogP contribution in [0.5, 0.6) is 11.5 Å². The smallest absolute Gasteiger partial charge is 0.318 e. The molecule has 0 aromatic heterocycles. The lowest BCUT2D eigenvalue weighted by Gasteiger charge is -2.40. The summed E-state index contributed by atoms with van der Waals surface area (Å²) in [5.74, 6) is 2.12. The summed E-state index contributed by atoms with van der Waals surface area (Å²) in [5, 5.41) is 0. The summed E-state index contributed by atoms with van der Waals surface area (Å²) in [4.78, 5) is 13.3. The fourth-order valence-electron chi connectivity index (χ4n) is 5.41. The Morgan fingerprint density at radius 1 is 1.00 bits per heavy atom. The Hall–Kier alpha value is -2.75. The van der Waals surface area contributed by atoms with Gasteiger partial charge in [-0.25, -0.2) is 0 Å². The Balaban J connectivity index is 1.70. The van der Waals surface area contributed by atoms with Crippen molar-refractivity contribution in [3.05, 3.63) is 64.7 Å². The normalized spacial score (nSPS) is 22.1. The molecule has 2 aromatic rings. The van der Waals surface area contributed by atoms with Crippen LogP contribution in [-0.2, 0) is 16.0 Å². The van der Waals surface area contributed by atoms with Crippen LogP contribution in [0.1, 0.15) is 48.3 Å². The Labute approximate surface area is 165 Å². The van der Waals surface area contributed by atoms with E-state index in [4.69, 9.17) is 14.2 Å². The number of carbonyl (C=O) groups excluding carboxylic acids is 1. The van der Waals surface area contributed by atoms with Crippen LogP contribution in [0.3, 0.4) is 0 Å². The molecule has 1 spiro atoms. The van der Waals surface area contributed by atoms with E-state index in [1.807, 2.05) is 18.2 Å². The minimum atomic E-state index is -0.472. The van der Waals surface area contributed by atoms with Gasteiger partial charge in [-0.05, 0) is 48.1 Å². The molecule has 3 aliphatic rings. The van der Waals surface area contributed by atoms with Crippen LogP contribution in [0.25, 0.3) is 5.76 Å². The van der Waals surface area contributed by atoms with Crippen molar-refractivity contribution in [2.24, 2.45) is 5.41 Å². The zero-order chi connectivity index (χ0) is 19.3. The molecule has 0 amide bonds. The molecule has 1 saturated carbocycles. The van der Waals surface area contributed by atoms with Crippen LogP contribution in [0.15, 0.2) is 48.0 Å². The van der Waals surface area contributed by atoms with Crippen molar-refractivity contribution in [1.82, 2.24) is 0 Å². The number of rotatable bonds is 3. The Morgan fingerprint density at radius 3 is 2.50 bits per heavy atom. The molecule has 0 bridgehead atoms. The number of methoxy groups -OCH3 is 2. The number of allylic oxidation sites excluding steroid dienone is 1. The molecule has 5 rings (SSSR count). The molecule has 2 aromatic carbocycles. The van der Waals surface area contributed by atoms with Crippen LogP contribution in [0.4, 0.5) is 0 Å². The highest BCUT2D eigenvalue weighted by molar-refractivity contribution is 5.91. The van der Waals surface area contributed by atoms with Crippen LogP contribution in [-0.4, -0.2) is 20.2 Å². The number of fused-ring (bicyclic) bond motifs is 2. The van der Waals surface area contributed by atoms with Crippen molar-refractivity contribution < 1.29 is 19.0 Å². The zero-order valence-corrected chi connectivity index (χ0v) is 16.3. The van der Waals surface area contributed by atoms with Crippen molar-refractivity contribution in [1.29, 1.82) is 0 Å². The van der Waals surface area contributed by atoms with Gasteiger partial charge in [-0.1, -0.05) is 43.2 Å². The molecule has 4 nitrogen and oxygen atoms in total. The fourth-order valence-corrected chi connectivity index (χ4v) is 5.41. The van der Waals surface area contributed by atoms with Gasteiger partial charge in [0.15, 0.2) is 11.5 Å². The molecule has 0 saturated heterocycles. The third kappa shape index (κ3) is 2.33. The van der Waals surface area contributed by atoms with Crippen LogP contribution in [0, 0.1) is 5.41 Å². The summed E-state index contributed by atoms with van der Waals surface area (Å²) in [6.45, 7) is 0. The Kier molecular flexibility index (Phi) is 3.97. The molecule has 1 fully saturated rings. The van der Waals surface area contributed by atoms with Gasteiger partial charge < -0.3 is 14.2 Å². The van der Waals surface area contributed by atoms with E-state index in [-0.39, 0.29) is 11.9 Å². The maximum absolute atomic E-state index is 13.3. The summed E-state index contributed by atoms with van der Waals surface area (Å²) in [7, 11) is 3.29. The van der Waals surface area contributed by atoms with Crippen LogP contribution < -0.4 is 9.47 Å². The third-order valence-corrected chi connectivity index (χ3v) is 6.67. The van der Waals surface area contributed by atoms with Gasteiger partial charge in [-0.15, -0.1) is 0 Å². The highest BCUT2D eigenvalue weighted by atomic mass is 16.5. The SMILES string of the molecule is COc1ccc(C2C3=C(OC(=O)C24CCCC4)c2ccccc2C3)cc1OC. The van der Waals surface area contributed by atoms with Crippen molar-refractivity contribution in [2.75, 3.05) is 14.2 Å². The number of ether oxygens (including phenoxy) is 3. The zero-order valence-electron chi connectivity index (χ0n) is 16.3. The van der Waals surface area contributed by atoms with Crippen molar-refractivity contribution >= 4 is 11.7 Å². The van der Waals surface area contributed by atoms with Gasteiger partial charge in [0, 0.05) is 11.5 Å². The molecule has 144 valence electrons. The first-order valence-electron chi connectivity index (χ1n) is 9.93. The van der Waals surface area contributed by atoms with Gasteiger partial charge >= 0.3 is 5.97 Å². The van der Waals surface area contributed by atoms with Gasteiger partial charge in [0.2, 0.25) is 0 Å². The maximum atomic E-state index is 13.3. The van der Waals surface area contributed by atoms with E-state index >= 15 is 0 Å². The number of carbonyl (C=O) groups is 1. The fraction of sp³-hybridized carbons (Fsp3) is 0.375. The lowest BCUT2D eigenvalue weighted by Crippen LogP contribution is -2.40. The second-order valence-corrected chi connectivity index (χ2v) is 7.99. The molecule has 1 heterocycles. The van der Waals surface area contributed by atoms with Crippen molar-refractivity contribution in [3.63, 3.8) is 0 Å². The van der Waals surface area contributed by atoms with Crippen LogP contribution >= 0.6 is 0 Å². The highest BCUT2D eigenvalue weighted by Gasteiger charge is 2.55. The highest BCUT2D eigenvalue weighted by Crippen LogP contribution is 2.60. The summed E-state index contributed by atoms with van der Waals surface area (Å²) in [6.07, 6.45) is 4.71. The van der Waals surface area contributed by atoms with E-state index in [2.05, 4.69) is 24.3 Å². The van der Waals surface area contributed by atoms with E-state index in [0.29, 0.717) is 11.5 Å². The quantitative estimate of drug-likeness (QED) is 0.717. The minimum absolute atomic E-state index is 0.0125. The van der Waals surface area contributed by atoms with E-state index in [1.165, 1.54) is 11.1 Å². The summed E-state index contributed by atoms with van der Waals surface area (Å²) in [5.41, 5.74) is 4.16. The average Bonchev–Trinajstić information content (AvgIpc) is 3.34. The minimum Gasteiger partial charge on any atom is -0.493 e. The van der Waals surface area contributed by atoms with Gasteiger partial charge in [-0.3, -0.25) is 4.79 Å². The number of hydrogen-bond donors (Lipinski definition) is 0. The standard InChI is InChI=1S/C24H24O4/c1-26-19-10-9-16(14-20(19)27-2)21-18-13-15-7-3-4-8-17(15)22(18)28-23(25)24(21)11-5-6-12-24/h3-4,7-10,14,21H,5-6,11-13H2,1-2H3. The van der Waals surface area contributed by atoms with E-state index in [9.17, 15) is 4.79 Å². The first kappa shape index (κ1) is 17.4. The van der Waals surface area contributed by atoms with Gasteiger partial charge in [0.1, 0.15) is 5.76 Å². The molecule has 1 aliphatic heterocycles. The van der Waals surface area contributed by atoms with Crippen molar-refractivity contribution in [3.8, 4) is 11.5 Å². The first-order chi connectivity index (χ1) is 13.7. The molecule has 0 N–H and O–H groups in total. The Bertz CT molecular complexity index is 982. The molecule has 28 heavy (non-hydrogen) atoms. The molecular formula is C24H24O4. The number of hydrogen-bond acceptors (Lipinski definition) is 4. The molecular weight excluding hydrogens is 352 g/mol. The predicted molar refractivity (Wildman–Crippen MR) is 106 cm³/mol. The monoisotopic (exact) mass is 376 g/mol. The lowest BCUT2D eigenvalue weighted by atomic mass is 9.65. The van der Waals surface area contributed by atoms with Crippen molar-refractivity contribution in [2.45, 2.75) is 38.0 Å². The van der Waals surface area contributed by atoms with Gasteiger partial charge in [0.25, 0.3) is 0 Å². The molecule has 4 heteroatoms. The first-order valence-corrected chi connectivity index (χ1v) is 9.93. The molecule has 1 atom stereocenters. The van der Waals surface area contributed by atoms with Crippen LogP contribution in [0.2, 0.25) is 0 Å². The van der Waals surface area contributed by atoms with E-state index in [1.54, 1.807) is 14.2 Å². The molecule has 2 aliphatic carbocycles. The predicted octanol–water partition coefficient (Wildman–Crippen LogP) is 4.87. The van der Waals surface area contributed by atoms with Gasteiger partial charge in [0.05, 0.1) is 19.6 Å². The molecule has 1 unspecified atom stereocenters. The second-order valence-electron chi connectivity index (χ2n) is 7.99. The maximum Gasteiger partial charge on any atom is 0.318 e. The third-order valence-electron chi connectivity index (χ3n) is 6.67. The summed E-state index contributed by atoms with van der Waals surface area (Å²) >= 11 is 0. The average molecular weight is 376 g/mol. The number of benzene rings is 2. The second kappa shape index (κ2) is 6.40. The van der Waals surface area contributed by atoms with E-state index < -0.39 is 5.41 Å². The number of esters is 1.